The number of rotatable bonds is 7. The molecule has 0 aliphatic heterocycles. The van der Waals surface area contributed by atoms with E-state index in [2.05, 4.69) is 20.6 Å². The van der Waals surface area contributed by atoms with Gasteiger partial charge in [0.1, 0.15) is 9.36 Å². The van der Waals surface area contributed by atoms with E-state index < -0.39 is 10.0 Å². The summed E-state index contributed by atoms with van der Waals surface area (Å²) in [6.45, 7) is 3.76. The van der Waals surface area contributed by atoms with Gasteiger partial charge in [0.2, 0.25) is 10.0 Å². The lowest BCUT2D eigenvalue weighted by atomic mass is 10.2. The van der Waals surface area contributed by atoms with Crippen molar-refractivity contribution in [1.82, 2.24) is 15.6 Å². The maximum Gasteiger partial charge on any atom is 0.247 e. The first-order valence-electron chi connectivity index (χ1n) is 7.62. The van der Waals surface area contributed by atoms with Crippen molar-refractivity contribution in [2.45, 2.75) is 24.1 Å². The van der Waals surface area contributed by atoms with Crippen LogP contribution in [0.2, 0.25) is 5.15 Å². The van der Waals surface area contributed by atoms with E-state index in [4.69, 9.17) is 16.7 Å². The van der Waals surface area contributed by atoms with Gasteiger partial charge in [-0.15, -0.1) is 35.3 Å². The van der Waals surface area contributed by atoms with Crippen molar-refractivity contribution in [2.75, 3.05) is 13.1 Å². The molecule has 0 aromatic carbocycles. The predicted octanol–water partition coefficient (Wildman–Crippen LogP) is 2.36. The van der Waals surface area contributed by atoms with Crippen molar-refractivity contribution < 1.29 is 8.42 Å². The largest absolute Gasteiger partial charge is 0.357 e. The topological polar surface area (TPSA) is 109 Å². The minimum absolute atomic E-state index is 0. The first-order chi connectivity index (χ1) is 11.9. The summed E-state index contributed by atoms with van der Waals surface area (Å²) in [5.74, 6) is 0.662. The highest BCUT2D eigenvalue weighted by molar-refractivity contribution is 14.0. The molecule has 0 saturated heterocycles. The summed E-state index contributed by atoms with van der Waals surface area (Å²) in [6, 6.07) is 6.91. The molecule has 0 saturated carbocycles. The van der Waals surface area contributed by atoms with Gasteiger partial charge in [-0.05, 0) is 37.1 Å². The van der Waals surface area contributed by atoms with Gasteiger partial charge in [0.05, 0.1) is 6.54 Å². The smallest absolute Gasteiger partial charge is 0.247 e. The Labute approximate surface area is 179 Å². The van der Waals surface area contributed by atoms with Gasteiger partial charge in [-0.3, -0.25) is 0 Å². The zero-order valence-electron chi connectivity index (χ0n) is 14.1. The fourth-order valence-corrected chi connectivity index (χ4v) is 3.79. The van der Waals surface area contributed by atoms with Crippen LogP contribution in [-0.2, 0) is 23.0 Å². The molecule has 2 aromatic heterocycles. The van der Waals surface area contributed by atoms with Gasteiger partial charge in [-0.25, -0.2) is 23.5 Å². The number of nitrogens with two attached hydrogens (primary N) is 1. The predicted molar refractivity (Wildman–Crippen MR) is 117 cm³/mol. The van der Waals surface area contributed by atoms with Crippen LogP contribution in [0.25, 0.3) is 0 Å². The van der Waals surface area contributed by atoms with E-state index in [1.807, 2.05) is 13.0 Å². The number of hydrogen-bond acceptors (Lipinski definition) is 5. The Balaban J connectivity index is 0.00000338. The van der Waals surface area contributed by atoms with Gasteiger partial charge in [0.25, 0.3) is 0 Å². The molecule has 11 heteroatoms. The second kappa shape index (κ2) is 11.0. The van der Waals surface area contributed by atoms with Crippen molar-refractivity contribution in [2.24, 2.45) is 10.1 Å². The molecule has 0 radical (unpaired) electrons. The monoisotopic (exact) mass is 529 g/mol. The third-order valence-corrected chi connectivity index (χ3v) is 5.88. The minimum atomic E-state index is -3.66. The number of sulfonamides is 1. The maximum atomic E-state index is 11.3. The highest BCUT2D eigenvalue weighted by atomic mass is 127. The second-order valence-electron chi connectivity index (χ2n) is 5.13. The fourth-order valence-electron chi connectivity index (χ4n) is 1.97. The summed E-state index contributed by atoms with van der Waals surface area (Å²) in [6.07, 6.45) is 2.53. The molecule has 0 aliphatic carbocycles. The normalized spacial score (nSPS) is 11.7. The first-order valence-corrected chi connectivity index (χ1v) is 10.4. The van der Waals surface area contributed by atoms with Gasteiger partial charge >= 0.3 is 0 Å². The minimum Gasteiger partial charge on any atom is -0.357 e. The van der Waals surface area contributed by atoms with Gasteiger partial charge < -0.3 is 10.6 Å². The van der Waals surface area contributed by atoms with Crippen LogP contribution < -0.4 is 15.8 Å². The molecule has 2 rings (SSSR count). The van der Waals surface area contributed by atoms with Crippen LogP contribution in [0.1, 0.15) is 17.4 Å². The summed E-state index contributed by atoms with van der Waals surface area (Å²) in [5.41, 5.74) is 1.07. The number of nitrogens with zero attached hydrogens (tertiary/aromatic N) is 2. The molecule has 7 nitrogen and oxygen atoms in total. The molecule has 26 heavy (non-hydrogen) atoms. The molecule has 0 unspecified atom stereocenters. The molecule has 0 atom stereocenters. The number of guanidine groups is 1. The molecule has 0 bridgehead atoms. The van der Waals surface area contributed by atoms with Crippen molar-refractivity contribution in [3.05, 3.63) is 46.1 Å². The highest BCUT2D eigenvalue weighted by Crippen LogP contribution is 2.20. The molecule has 0 spiro atoms. The van der Waals surface area contributed by atoms with E-state index in [1.165, 1.54) is 6.07 Å². The molecule has 2 heterocycles. The number of hydrogen-bond donors (Lipinski definition) is 3. The third kappa shape index (κ3) is 7.74. The summed E-state index contributed by atoms with van der Waals surface area (Å²) in [7, 11) is -3.66. The maximum absolute atomic E-state index is 11.3. The molecule has 144 valence electrons. The van der Waals surface area contributed by atoms with Gasteiger partial charge in [0, 0.05) is 24.2 Å². The summed E-state index contributed by atoms with van der Waals surface area (Å²) < 4.78 is 22.7. The van der Waals surface area contributed by atoms with Crippen LogP contribution in [0.4, 0.5) is 0 Å². The number of primary sulfonamides is 1. The number of thiophene rings is 1. The van der Waals surface area contributed by atoms with E-state index in [9.17, 15) is 8.42 Å². The quantitative estimate of drug-likeness (QED) is 0.221. The molecular formula is C15H21ClIN5O2S2. The Hall–Kier alpha value is -0.950. The summed E-state index contributed by atoms with van der Waals surface area (Å²) >= 11 is 6.89. The van der Waals surface area contributed by atoms with Crippen molar-refractivity contribution in [1.29, 1.82) is 0 Å². The number of halogens is 2. The molecule has 2 aromatic rings. The zero-order chi connectivity index (χ0) is 18.3. The Morgan fingerprint density at radius 2 is 2.08 bits per heavy atom. The lowest BCUT2D eigenvalue weighted by Gasteiger charge is -2.11. The lowest BCUT2D eigenvalue weighted by Crippen LogP contribution is -2.38. The number of aromatic nitrogens is 1. The average molecular weight is 530 g/mol. The average Bonchev–Trinajstić information content (AvgIpc) is 3.04. The standard InChI is InChI=1S/C15H20ClN5O2S2.HI/c1-2-18-15(19-8-7-11-3-5-13(16)20-9-11)21-10-12-4-6-14(24-12)25(17,22)23;/h3-6,9H,2,7-8,10H2,1H3,(H2,17,22,23)(H2,18,19,21);1H. The van der Waals surface area contributed by atoms with E-state index in [-0.39, 0.29) is 28.2 Å². The number of nitrogens with one attached hydrogen (secondary N) is 2. The van der Waals surface area contributed by atoms with E-state index in [0.29, 0.717) is 24.2 Å². The Morgan fingerprint density at radius 3 is 2.65 bits per heavy atom. The molecule has 0 aliphatic rings. The van der Waals surface area contributed by atoms with E-state index in [0.717, 1.165) is 34.7 Å². The molecule has 0 amide bonds. The van der Waals surface area contributed by atoms with E-state index in [1.54, 1.807) is 18.3 Å². The summed E-state index contributed by atoms with van der Waals surface area (Å²) in [5, 5.41) is 12.0. The molecule has 0 fully saturated rings. The lowest BCUT2D eigenvalue weighted by molar-refractivity contribution is 0.600. The van der Waals surface area contributed by atoms with Crippen LogP contribution >= 0.6 is 46.9 Å². The molecule has 4 N–H and O–H groups in total. The third-order valence-electron chi connectivity index (χ3n) is 3.15. The van der Waals surface area contributed by atoms with Crippen LogP contribution in [0, 0.1) is 0 Å². The van der Waals surface area contributed by atoms with Crippen molar-refractivity contribution in [3.63, 3.8) is 0 Å². The van der Waals surface area contributed by atoms with Gasteiger partial charge in [0.15, 0.2) is 5.96 Å². The highest BCUT2D eigenvalue weighted by Gasteiger charge is 2.11. The number of pyridine rings is 1. The fraction of sp³-hybridized carbons (Fsp3) is 0.333. The van der Waals surface area contributed by atoms with Crippen LogP contribution in [-0.4, -0.2) is 32.5 Å². The van der Waals surface area contributed by atoms with E-state index >= 15 is 0 Å². The SMILES string of the molecule is CCNC(=NCc1ccc(S(N)(=O)=O)s1)NCCc1ccc(Cl)nc1.I. The molecular weight excluding hydrogens is 509 g/mol. The van der Waals surface area contributed by atoms with Gasteiger partial charge in [-0.1, -0.05) is 17.7 Å². The van der Waals surface area contributed by atoms with Crippen molar-refractivity contribution >= 4 is 62.9 Å². The Bertz CT molecular complexity index is 825. The van der Waals surface area contributed by atoms with Crippen molar-refractivity contribution in [3.8, 4) is 0 Å². The Kier molecular flexibility index (Phi) is 9.79. The van der Waals surface area contributed by atoms with Crippen LogP contribution in [0.3, 0.4) is 0 Å². The van der Waals surface area contributed by atoms with Crippen LogP contribution in [0.5, 0.6) is 0 Å². The number of aliphatic imine (C=N–C) groups is 1. The first kappa shape index (κ1) is 23.1. The van der Waals surface area contributed by atoms with Crippen LogP contribution in [0.15, 0.2) is 39.7 Å². The Morgan fingerprint density at radius 1 is 1.31 bits per heavy atom. The summed E-state index contributed by atoms with van der Waals surface area (Å²) in [4.78, 5) is 9.32. The zero-order valence-corrected chi connectivity index (χ0v) is 18.8. The second-order valence-corrected chi connectivity index (χ2v) is 8.47. The van der Waals surface area contributed by atoms with Gasteiger partial charge in [-0.2, -0.15) is 0 Å².